The first-order valence-corrected chi connectivity index (χ1v) is 23.6. The monoisotopic (exact) mass is 849 g/mol. The number of rotatable bonds is 7. The van der Waals surface area contributed by atoms with Crippen molar-refractivity contribution in [3.05, 3.63) is 57.7 Å². The minimum atomic E-state index is -0.822. The fraction of sp³-hybridized carbons (Fsp3) is 0.604. The number of pyridine rings is 1. The molecule has 0 spiro atoms. The van der Waals surface area contributed by atoms with E-state index in [0.717, 1.165) is 69.9 Å². The van der Waals surface area contributed by atoms with Crippen LogP contribution in [0, 0.1) is 17.3 Å². The van der Waals surface area contributed by atoms with Crippen molar-refractivity contribution < 1.29 is 23.9 Å². The average molecular weight is 850 g/mol. The summed E-state index contributed by atoms with van der Waals surface area (Å²) < 4.78 is 14.6. The molecule has 3 aromatic heterocycles. The van der Waals surface area contributed by atoms with Gasteiger partial charge in [-0.1, -0.05) is 33.3 Å². The Morgan fingerprint density at radius 1 is 1.11 bits per heavy atom. The number of hydrogen-bond acceptors (Lipinski definition) is 10. The van der Waals surface area contributed by atoms with E-state index in [0.29, 0.717) is 49.7 Å². The number of aryl methyl sites for hydroxylation is 1. The second-order valence-electron chi connectivity index (χ2n) is 19.4. The molecule has 61 heavy (non-hydrogen) atoms. The number of carbonyl (C=O) groups excluding carboxylic acids is 3. The Morgan fingerprint density at radius 2 is 1.89 bits per heavy atom. The Bertz CT molecular complexity index is 2310. The SMILES string of the molecule is CCn1c(-c2cc(C3C[C@H]4CCC[C@@H](C3)N4C)cnc2[C@H](C)OC)c2c3cc(ccc31)-c1csc(n1)C[C@H](NC(=O)[C@H]1C[C@@H]1C)C(=O)N1CCC[C@H](N1)C(=O)OCC(C)(C)C2. The maximum atomic E-state index is 14.2. The van der Waals surface area contributed by atoms with Gasteiger partial charge in [-0.2, -0.15) is 0 Å². The molecule has 2 amide bonds. The molecule has 3 saturated heterocycles. The second-order valence-corrected chi connectivity index (χ2v) is 20.4. The Balaban J connectivity index is 1.17. The molecule has 1 saturated carbocycles. The summed E-state index contributed by atoms with van der Waals surface area (Å²) in [4.78, 5) is 54.3. The second kappa shape index (κ2) is 16.8. The number of nitrogens with zero attached hydrogens (tertiary/aromatic N) is 5. The van der Waals surface area contributed by atoms with Gasteiger partial charge in [0.2, 0.25) is 5.91 Å². The highest BCUT2D eigenvalue weighted by molar-refractivity contribution is 7.10. The largest absolute Gasteiger partial charge is 0.464 e. The Kier molecular flexibility index (Phi) is 11.6. The molecule has 12 nitrogen and oxygen atoms in total. The van der Waals surface area contributed by atoms with Crippen LogP contribution in [0.25, 0.3) is 33.4 Å². The summed E-state index contributed by atoms with van der Waals surface area (Å²) >= 11 is 1.50. The summed E-state index contributed by atoms with van der Waals surface area (Å²) in [5.74, 6) is -0.101. The smallest absolute Gasteiger partial charge is 0.324 e. The van der Waals surface area contributed by atoms with Gasteiger partial charge in [-0.25, -0.2) is 10.4 Å². The normalized spacial score (nSPS) is 28.6. The summed E-state index contributed by atoms with van der Waals surface area (Å²) in [7, 11) is 4.07. The van der Waals surface area contributed by atoms with Crippen molar-refractivity contribution in [1.29, 1.82) is 0 Å². The lowest BCUT2D eigenvalue weighted by Gasteiger charge is -2.47. The molecule has 4 aliphatic heterocycles. The maximum Gasteiger partial charge on any atom is 0.324 e. The lowest BCUT2D eigenvalue weighted by Crippen LogP contribution is -2.60. The molecule has 2 N–H and O–H groups in total. The molecule has 8 bridgehead atoms. The molecule has 9 rings (SSSR count). The van der Waals surface area contributed by atoms with Crippen LogP contribution in [0.3, 0.4) is 0 Å². The van der Waals surface area contributed by atoms with Crippen molar-refractivity contribution in [3.63, 3.8) is 0 Å². The summed E-state index contributed by atoms with van der Waals surface area (Å²) in [6, 6.07) is 8.74. The van der Waals surface area contributed by atoms with Crippen LogP contribution in [0.4, 0.5) is 0 Å². The third kappa shape index (κ3) is 8.27. The number of nitrogens with one attached hydrogen (secondary N) is 2. The molecule has 1 unspecified atom stereocenters. The average Bonchev–Trinajstić information content (AvgIpc) is 3.67. The van der Waals surface area contributed by atoms with E-state index in [4.69, 9.17) is 19.4 Å². The highest BCUT2D eigenvalue weighted by Gasteiger charge is 2.42. The fourth-order valence-electron chi connectivity index (χ4n) is 10.7. The first-order chi connectivity index (χ1) is 29.3. The van der Waals surface area contributed by atoms with E-state index >= 15 is 0 Å². The number of thiazole rings is 1. The number of benzene rings is 1. The predicted molar refractivity (Wildman–Crippen MR) is 238 cm³/mol. The molecule has 1 aromatic carbocycles. The Labute approximate surface area is 364 Å². The van der Waals surface area contributed by atoms with Gasteiger partial charge in [0.25, 0.3) is 5.91 Å². The topological polar surface area (TPSA) is 131 Å². The highest BCUT2D eigenvalue weighted by atomic mass is 32.1. The van der Waals surface area contributed by atoms with Gasteiger partial charge in [0, 0.05) is 83.6 Å². The predicted octanol–water partition coefficient (Wildman–Crippen LogP) is 7.59. The molecular weight excluding hydrogens is 787 g/mol. The van der Waals surface area contributed by atoms with Crippen LogP contribution >= 0.6 is 11.3 Å². The number of amides is 2. The molecule has 7 heterocycles. The van der Waals surface area contributed by atoms with E-state index in [1.165, 1.54) is 46.7 Å². The molecular formula is C48H63N7O5S. The van der Waals surface area contributed by atoms with E-state index in [1.807, 2.05) is 0 Å². The quantitative estimate of drug-likeness (QED) is 0.181. The summed E-state index contributed by atoms with van der Waals surface area (Å²) in [6.07, 6.45) is 10.9. The van der Waals surface area contributed by atoms with Crippen molar-refractivity contribution in [2.24, 2.45) is 17.3 Å². The maximum absolute atomic E-state index is 14.2. The highest BCUT2D eigenvalue weighted by Crippen LogP contribution is 2.46. The van der Waals surface area contributed by atoms with Crippen molar-refractivity contribution in [3.8, 4) is 22.5 Å². The van der Waals surface area contributed by atoms with Crippen LogP contribution < -0.4 is 10.7 Å². The lowest BCUT2D eigenvalue weighted by atomic mass is 9.76. The number of hydrogen-bond donors (Lipinski definition) is 2. The number of cyclic esters (lactones) is 1. The number of hydrazine groups is 1. The molecule has 1 aliphatic carbocycles. The van der Waals surface area contributed by atoms with Crippen molar-refractivity contribution in [2.45, 2.75) is 142 Å². The van der Waals surface area contributed by atoms with Crippen LogP contribution in [-0.4, -0.2) is 93.7 Å². The van der Waals surface area contributed by atoms with E-state index in [-0.39, 0.29) is 42.8 Å². The number of carbonyl (C=O) groups is 3. The number of esters is 1. The van der Waals surface area contributed by atoms with Gasteiger partial charge in [-0.05, 0) is 113 Å². The van der Waals surface area contributed by atoms with Gasteiger partial charge in [0.15, 0.2) is 0 Å². The number of aromatic nitrogens is 3. The van der Waals surface area contributed by atoms with Gasteiger partial charge in [0.1, 0.15) is 12.1 Å². The van der Waals surface area contributed by atoms with Crippen molar-refractivity contribution in [1.82, 2.24) is 35.2 Å². The lowest BCUT2D eigenvalue weighted by molar-refractivity contribution is -0.155. The van der Waals surface area contributed by atoms with Gasteiger partial charge < -0.3 is 24.3 Å². The van der Waals surface area contributed by atoms with Gasteiger partial charge in [0.05, 0.1) is 34.8 Å². The molecule has 8 atom stereocenters. The number of methoxy groups -OCH3 is 1. The zero-order valence-corrected chi connectivity index (χ0v) is 37.8. The van der Waals surface area contributed by atoms with Crippen molar-refractivity contribution >= 4 is 40.0 Å². The number of piperidine rings is 2. The molecule has 5 aliphatic rings. The van der Waals surface area contributed by atoms with E-state index < -0.39 is 17.5 Å². The van der Waals surface area contributed by atoms with E-state index in [9.17, 15) is 14.4 Å². The van der Waals surface area contributed by atoms with Crippen LogP contribution in [0.2, 0.25) is 0 Å². The third-order valence-corrected chi connectivity index (χ3v) is 15.4. The number of ether oxygens (including phenoxy) is 2. The van der Waals surface area contributed by atoms with Crippen LogP contribution in [0.1, 0.15) is 120 Å². The zero-order valence-electron chi connectivity index (χ0n) is 37.0. The first-order valence-electron chi connectivity index (χ1n) is 22.7. The molecule has 4 fully saturated rings. The van der Waals surface area contributed by atoms with E-state index in [2.05, 4.69) is 97.7 Å². The standard InChI is InChI=1S/C48H63N7O5S/c1-8-54-41-15-14-29-20-35(41)37(44(54)36-21-31(24-49-43(36)28(3)59-7)30-18-32-11-9-12-33(19-30)53(32)6)23-48(4,5)26-60-47(58)38-13-10-16-55(52-38)46(57)39(22-42-50-40(29)25-61-42)51-45(56)34-17-27(34)2/h14-15,20-21,24-25,27-28,30,32-34,38-39,52H,8-13,16-19,22-23,26H2,1-7H3,(H,51,56)/t27-,28-,30?,32-,33+,34-,38-,39-/m0/s1. The van der Waals surface area contributed by atoms with Crippen LogP contribution in [-0.2, 0) is 43.2 Å². The minimum absolute atomic E-state index is 0.0876. The summed E-state index contributed by atoms with van der Waals surface area (Å²) in [5.41, 5.74) is 11.3. The Hall–Kier alpha value is -4.17. The molecule has 0 radical (unpaired) electrons. The van der Waals surface area contributed by atoms with E-state index in [1.54, 1.807) is 7.11 Å². The Morgan fingerprint density at radius 3 is 2.61 bits per heavy atom. The van der Waals surface area contributed by atoms with Gasteiger partial charge in [-0.3, -0.25) is 24.4 Å². The van der Waals surface area contributed by atoms with Crippen LogP contribution in [0.5, 0.6) is 0 Å². The van der Waals surface area contributed by atoms with Crippen LogP contribution in [0.15, 0.2) is 35.8 Å². The third-order valence-electron chi connectivity index (χ3n) is 14.5. The van der Waals surface area contributed by atoms with Crippen molar-refractivity contribution in [2.75, 3.05) is 27.3 Å². The fourth-order valence-corrected chi connectivity index (χ4v) is 11.6. The number of fused-ring (bicyclic) bond motifs is 8. The molecule has 13 heteroatoms. The summed E-state index contributed by atoms with van der Waals surface area (Å²) in [5, 5.41) is 8.53. The molecule has 326 valence electrons. The minimum Gasteiger partial charge on any atom is -0.464 e. The zero-order chi connectivity index (χ0) is 42.7. The summed E-state index contributed by atoms with van der Waals surface area (Å²) in [6.45, 7) is 12.0. The molecule has 4 aromatic rings. The first kappa shape index (κ1) is 42.1. The van der Waals surface area contributed by atoms with Gasteiger partial charge in [-0.15, -0.1) is 11.3 Å². The van der Waals surface area contributed by atoms with Gasteiger partial charge >= 0.3 is 5.97 Å².